The average Bonchev–Trinajstić information content (AvgIpc) is 2.04. The third-order valence-corrected chi connectivity index (χ3v) is 1.75. The Hall–Kier alpha value is -0.160. The molecule has 0 aromatic rings. The summed E-state index contributed by atoms with van der Waals surface area (Å²) in [7, 11) is 0. The molecular weight excluding hydrogens is 146 g/mol. The molecule has 0 radical (unpaired) electrons. The summed E-state index contributed by atoms with van der Waals surface area (Å²) in [5.74, 6) is 0. The molecular formula is C7H17NO3. The van der Waals surface area contributed by atoms with Crippen LogP contribution in [0, 0.1) is 0 Å². The van der Waals surface area contributed by atoms with Crippen molar-refractivity contribution in [3.05, 3.63) is 0 Å². The highest BCUT2D eigenvalue weighted by molar-refractivity contribution is 4.85. The summed E-state index contributed by atoms with van der Waals surface area (Å²) >= 11 is 0. The zero-order valence-corrected chi connectivity index (χ0v) is 6.88. The van der Waals surface area contributed by atoms with E-state index < -0.39 is 5.54 Å². The molecule has 0 rings (SSSR count). The third kappa shape index (κ3) is 3.16. The maximum absolute atomic E-state index is 8.91. The first-order chi connectivity index (χ1) is 5.24. The first-order valence-electron chi connectivity index (χ1n) is 3.82. The summed E-state index contributed by atoms with van der Waals surface area (Å²) < 4.78 is 0. The van der Waals surface area contributed by atoms with E-state index in [2.05, 4.69) is 5.32 Å². The highest BCUT2D eigenvalue weighted by atomic mass is 16.3. The van der Waals surface area contributed by atoms with Gasteiger partial charge in [-0.3, -0.25) is 0 Å². The minimum Gasteiger partial charge on any atom is -0.396 e. The minimum atomic E-state index is -0.705. The summed E-state index contributed by atoms with van der Waals surface area (Å²) in [5.41, 5.74) is -0.705. The van der Waals surface area contributed by atoms with E-state index in [0.717, 1.165) is 0 Å². The molecule has 0 unspecified atom stereocenters. The van der Waals surface area contributed by atoms with Gasteiger partial charge in [-0.1, -0.05) is 6.92 Å². The molecule has 0 atom stereocenters. The zero-order chi connectivity index (χ0) is 8.74. The lowest BCUT2D eigenvalue weighted by atomic mass is 9.98. The monoisotopic (exact) mass is 163 g/mol. The molecule has 0 aromatic heterocycles. The van der Waals surface area contributed by atoms with E-state index in [-0.39, 0.29) is 19.8 Å². The van der Waals surface area contributed by atoms with Gasteiger partial charge < -0.3 is 20.6 Å². The van der Waals surface area contributed by atoms with Gasteiger partial charge in [-0.25, -0.2) is 0 Å². The molecule has 0 saturated heterocycles. The summed E-state index contributed by atoms with van der Waals surface area (Å²) in [6.45, 7) is 2.21. The second kappa shape index (κ2) is 5.49. The van der Waals surface area contributed by atoms with Crippen LogP contribution in [0.2, 0.25) is 0 Å². The number of hydrogen-bond donors (Lipinski definition) is 4. The van der Waals surface area contributed by atoms with Gasteiger partial charge in [0.15, 0.2) is 0 Å². The van der Waals surface area contributed by atoms with E-state index in [9.17, 15) is 0 Å². The first kappa shape index (κ1) is 10.8. The molecule has 0 heterocycles. The highest BCUT2D eigenvalue weighted by Gasteiger charge is 2.26. The van der Waals surface area contributed by atoms with Gasteiger partial charge in [-0.2, -0.15) is 0 Å². The van der Waals surface area contributed by atoms with Crippen molar-refractivity contribution < 1.29 is 15.3 Å². The predicted octanol–water partition coefficient (Wildman–Crippen LogP) is -1.30. The van der Waals surface area contributed by atoms with Gasteiger partial charge >= 0.3 is 0 Å². The van der Waals surface area contributed by atoms with E-state index in [1.807, 2.05) is 6.92 Å². The van der Waals surface area contributed by atoms with Crippen LogP contribution < -0.4 is 5.32 Å². The number of aliphatic hydroxyl groups excluding tert-OH is 3. The number of hydrogen-bond acceptors (Lipinski definition) is 4. The number of nitrogens with one attached hydrogen (secondary N) is 1. The van der Waals surface area contributed by atoms with Crippen LogP contribution in [0.5, 0.6) is 0 Å². The van der Waals surface area contributed by atoms with Gasteiger partial charge in [-0.15, -0.1) is 0 Å². The van der Waals surface area contributed by atoms with Crippen molar-refractivity contribution in [2.45, 2.75) is 18.9 Å². The van der Waals surface area contributed by atoms with Crippen molar-refractivity contribution >= 4 is 0 Å². The number of rotatable bonds is 6. The Labute approximate surface area is 66.9 Å². The molecule has 68 valence electrons. The number of aliphatic hydroxyl groups is 3. The summed E-state index contributed by atoms with van der Waals surface area (Å²) in [6.07, 6.45) is 0.369. The lowest BCUT2D eigenvalue weighted by molar-refractivity contribution is 0.0700. The molecule has 4 heteroatoms. The quantitative estimate of drug-likeness (QED) is 0.393. The van der Waals surface area contributed by atoms with Gasteiger partial charge in [0.2, 0.25) is 0 Å². The molecule has 0 spiro atoms. The van der Waals surface area contributed by atoms with Gasteiger partial charge in [0, 0.05) is 6.61 Å². The van der Waals surface area contributed by atoms with E-state index in [4.69, 9.17) is 15.3 Å². The molecule has 0 bridgehead atoms. The molecule has 0 fully saturated rings. The number of likely N-dealkylation sites (N-methyl/N-ethyl adjacent to an activating group) is 1. The van der Waals surface area contributed by atoms with Crippen molar-refractivity contribution in [1.82, 2.24) is 5.32 Å². The van der Waals surface area contributed by atoms with Crippen molar-refractivity contribution in [3.63, 3.8) is 0 Å². The van der Waals surface area contributed by atoms with Gasteiger partial charge in [0.1, 0.15) is 0 Å². The molecule has 0 aliphatic heterocycles. The Balaban J connectivity index is 3.96. The fraction of sp³-hybridized carbons (Fsp3) is 1.00. The largest absolute Gasteiger partial charge is 0.396 e. The topological polar surface area (TPSA) is 72.7 Å². The third-order valence-electron chi connectivity index (χ3n) is 1.75. The Morgan fingerprint density at radius 3 is 2.00 bits per heavy atom. The van der Waals surface area contributed by atoms with Crippen LogP contribution in [0.3, 0.4) is 0 Å². The predicted molar refractivity (Wildman–Crippen MR) is 42.3 cm³/mol. The van der Waals surface area contributed by atoms with Gasteiger partial charge in [0.25, 0.3) is 0 Å². The van der Waals surface area contributed by atoms with Crippen LogP contribution in [0.15, 0.2) is 0 Å². The Kier molecular flexibility index (Phi) is 5.41. The molecule has 0 saturated carbocycles. The van der Waals surface area contributed by atoms with Crippen LogP contribution in [-0.2, 0) is 0 Å². The lowest BCUT2D eigenvalue weighted by Crippen LogP contribution is -2.52. The van der Waals surface area contributed by atoms with Crippen molar-refractivity contribution in [2.24, 2.45) is 0 Å². The van der Waals surface area contributed by atoms with Crippen molar-refractivity contribution in [2.75, 3.05) is 26.4 Å². The second-order valence-corrected chi connectivity index (χ2v) is 2.60. The first-order valence-corrected chi connectivity index (χ1v) is 3.82. The van der Waals surface area contributed by atoms with Crippen LogP contribution in [0.4, 0.5) is 0 Å². The maximum Gasteiger partial charge on any atom is 0.0669 e. The Morgan fingerprint density at radius 2 is 1.73 bits per heavy atom. The molecule has 4 N–H and O–H groups in total. The van der Waals surface area contributed by atoms with Crippen LogP contribution >= 0.6 is 0 Å². The van der Waals surface area contributed by atoms with E-state index in [1.54, 1.807) is 0 Å². The SMILES string of the molecule is CCNC(CO)(CO)CCO. The molecule has 0 aliphatic rings. The summed E-state index contributed by atoms with van der Waals surface area (Å²) in [6, 6.07) is 0. The highest BCUT2D eigenvalue weighted by Crippen LogP contribution is 2.07. The Bertz CT molecular complexity index is 85.7. The van der Waals surface area contributed by atoms with Crippen LogP contribution in [-0.4, -0.2) is 47.2 Å². The maximum atomic E-state index is 8.91. The zero-order valence-electron chi connectivity index (χ0n) is 6.88. The normalized spacial score (nSPS) is 12.0. The molecule has 0 aliphatic carbocycles. The summed E-state index contributed by atoms with van der Waals surface area (Å²) in [5, 5.41) is 29.4. The van der Waals surface area contributed by atoms with Crippen molar-refractivity contribution in [1.29, 1.82) is 0 Å². The molecule has 11 heavy (non-hydrogen) atoms. The van der Waals surface area contributed by atoms with E-state index in [1.165, 1.54) is 0 Å². The molecule has 4 nitrogen and oxygen atoms in total. The summed E-state index contributed by atoms with van der Waals surface area (Å²) in [4.78, 5) is 0. The van der Waals surface area contributed by atoms with E-state index in [0.29, 0.717) is 13.0 Å². The fourth-order valence-electron chi connectivity index (χ4n) is 0.997. The molecule has 0 aromatic carbocycles. The van der Waals surface area contributed by atoms with Gasteiger partial charge in [0.05, 0.1) is 18.8 Å². The fourth-order valence-corrected chi connectivity index (χ4v) is 0.997. The van der Waals surface area contributed by atoms with Crippen LogP contribution in [0.25, 0.3) is 0 Å². The average molecular weight is 163 g/mol. The van der Waals surface area contributed by atoms with Gasteiger partial charge in [-0.05, 0) is 13.0 Å². The Morgan fingerprint density at radius 1 is 1.18 bits per heavy atom. The lowest BCUT2D eigenvalue weighted by Gasteiger charge is -2.29. The minimum absolute atomic E-state index is 0.0336. The van der Waals surface area contributed by atoms with Crippen LogP contribution in [0.1, 0.15) is 13.3 Å². The van der Waals surface area contributed by atoms with E-state index >= 15 is 0 Å². The second-order valence-electron chi connectivity index (χ2n) is 2.60. The smallest absolute Gasteiger partial charge is 0.0669 e. The molecule has 0 amide bonds. The standard InChI is InChI=1S/C7H17NO3/c1-2-8-7(5-10,6-11)3-4-9/h8-11H,2-6H2,1H3. The van der Waals surface area contributed by atoms with Crippen molar-refractivity contribution in [3.8, 4) is 0 Å².